The average molecular weight is 571 g/mol. The van der Waals surface area contributed by atoms with E-state index in [1.807, 2.05) is 50.2 Å². The molecule has 0 aliphatic carbocycles. The summed E-state index contributed by atoms with van der Waals surface area (Å²) >= 11 is 9.68. The zero-order chi connectivity index (χ0) is 25.8. The highest BCUT2D eigenvalue weighted by molar-refractivity contribution is 9.10. The third-order valence-electron chi connectivity index (χ3n) is 5.48. The number of ether oxygens (including phenoxy) is 3. The maximum atomic E-state index is 13.3. The number of fused-ring (bicyclic) bond motifs is 1. The van der Waals surface area contributed by atoms with Gasteiger partial charge in [0, 0.05) is 26.5 Å². The zero-order valence-electron chi connectivity index (χ0n) is 20.3. The first-order valence-electron chi connectivity index (χ1n) is 11.2. The third kappa shape index (κ3) is 5.39. The predicted octanol–water partition coefficient (Wildman–Crippen LogP) is 6.41. The standard InChI is InChI=1S/C27H25BrClN3O4/c1-16(2)26-31-22-10-9-19(28)13-20(22)27(33)32(26)30-14-17-11-23(34-3)25(24(12-17)35-4)36-15-18-7-5-6-8-21(18)29/h5-14,16H,15H2,1-4H3. The summed E-state index contributed by atoms with van der Waals surface area (Å²) in [6.07, 6.45) is 1.57. The molecule has 0 aliphatic rings. The van der Waals surface area contributed by atoms with Gasteiger partial charge < -0.3 is 14.2 Å². The summed E-state index contributed by atoms with van der Waals surface area (Å²) in [5.74, 6) is 1.89. The molecule has 0 atom stereocenters. The first-order chi connectivity index (χ1) is 17.3. The molecule has 0 spiro atoms. The van der Waals surface area contributed by atoms with Crippen LogP contribution in [0.5, 0.6) is 17.2 Å². The smallest absolute Gasteiger partial charge is 0.282 e. The SMILES string of the molecule is COc1cc(C=Nn2c(C(C)C)nc3ccc(Br)cc3c2=O)cc(OC)c1OCc1ccccc1Cl. The fourth-order valence-electron chi connectivity index (χ4n) is 3.66. The highest BCUT2D eigenvalue weighted by Gasteiger charge is 2.16. The normalized spacial score (nSPS) is 11.4. The Hall–Kier alpha value is -3.36. The van der Waals surface area contributed by atoms with Gasteiger partial charge in [-0.15, -0.1) is 0 Å². The van der Waals surface area contributed by atoms with Crippen molar-refractivity contribution in [3.05, 3.63) is 91.4 Å². The summed E-state index contributed by atoms with van der Waals surface area (Å²) in [4.78, 5) is 18.0. The molecule has 3 aromatic carbocycles. The predicted molar refractivity (Wildman–Crippen MR) is 146 cm³/mol. The second kappa shape index (κ2) is 11.1. The Bertz CT molecular complexity index is 1480. The van der Waals surface area contributed by atoms with Gasteiger partial charge >= 0.3 is 0 Å². The van der Waals surface area contributed by atoms with E-state index in [1.54, 1.807) is 38.6 Å². The molecule has 4 aromatic rings. The van der Waals surface area contributed by atoms with E-state index in [1.165, 1.54) is 4.68 Å². The number of benzene rings is 3. The molecule has 36 heavy (non-hydrogen) atoms. The minimum Gasteiger partial charge on any atom is -0.493 e. The number of nitrogens with zero attached hydrogens (tertiary/aromatic N) is 3. The minimum absolute atomic E-state index is 0.0208. The number of aromatic nitrogens is 2. The Balaban J connectivity index is 1.72. The fourth-order valence-corrected chi connectivity index (χ4v) is 4.21. The maximum Gasteiger partial charge on any atom is 0.282 e. The van der Waals surface area contributed by atoms with E-state index in [2.05, 4.69) is 26.0 Å². The lowest BCUT2D eigenvalue weighted by Crippen LogP contribution is -2.23. The highest BCUT2D eigenvalue weighted by atomic mass is 79.9. The van der Waals surface area contributed by atoms with E-state index in [0.29, 0.717) is 44.6 Å². The van der Waals surface area contributed by atoms with E-state index < -0.39 is 0 Å². The first-order valence-corrected chi connectivity index (χ1v) is 12.4. The molecule has 0 bridgehead atoms. The van der Waals surface area contributed by atoms with Crippen LogP contribution >= 0.6 is 27.5 Å². The molecule has 0 saturated heterocycles. The van der Waals surface area contributed by atoms with Crippen LogP contribution in [0.1, 0.15) is 36.7 Å². The van der Waals surface area contributed by atoms with Gasteiger partial charge in [0.25, 0.3) is 5.56 Å². The van der Waals surface area contributed by atoms with Crippen molar-refractivity contribution in [2.75, 3.05) is 14.2 Å². The molecule has 0 N–H and O–H groups in total. The van der Waals surface area contributed by atoms with Crippen LogP contribution in [0.3, 0.4) is 0 Å². The van der Waals surface area contributed by atoms with Crippen LogP contribution in [-0.4, -0.2) is 30.1 Å². The van der Waals surface area contributed by atoms with Crippen LogP contribution in [0.2, 0.25) is 5.02 Å². The molecule has 186 valence electrons. The average Bonchev–Trinajstić information content (AvgIpc) is 2.87. The lowest BCUT2D eigenvalue weighted by molar-refractivity contribution is 0.266. The number of methoxy groups -OCH3 is 2. The maximum absolute atomic E-state index is 13.3. The molecular weight excluding hydrogens is 546 g/mol. The van der Waals surface area contributed by atoms with Crippen LogP contribution in [-0.2, 0) is 6.61 Å². The summed E-state index contributed by atoms with van der Waals surface area (Å²) in [6, 6.07) is 16.4. The first kappa shape index (κ1) is 25.7. The molecule has 0 fully saturated rings. The van der Waals surface area contributed by atoms with E-state index >= 15 is 0 Å². The summed E-state index contributed by atoms with van der Waals surface area (Å²) in [5, 5.41) is 5.58. The Morgan fingerprint density at radius 2 is 1.78 bits per heavy atom. The molecule has 0 aliphatic heterocycles. The molecule has 7 nitrogen and oxygen atoms in total. The molecule has 0 radical (unpaired) electrons. The topological polar surface area (TPSA) is 74.9 Å². The van der Waals surface area contributed by atoms with Crippen LogP contribution in [0, 0.1) is 0 Å². The number of hydrogen-bond acceptors (Lipinski definition) is 6. The Kier molecular flexibility index (Phi) is 7.96. The van der Waals surface area contributed by atoms with Gasteiger partial charge in [0.15, 0.2) is 11.5 Å². The number of rotatable bonds is 8. The monoisotopic (exact) mass is 569 g/mol. The van der Waals surface area contributed by atoms with Crippen molar-refractivity contribution in [3.8, 4) is 17.2 Å². The van der Waals surface area contributed by atoms with Crippen molar-refractivity contribution in [3.63, 3.8) is 0 Å². The summed E-state index contributed by atoms with van der Waals surface area (Å²) in [6.45, 7) is 4.18. The van der Waals surface area contributed by atoms with Crippen molar-refractivity contribution >= 4 is 44.6 Å². The van der Waals surface area contributed by atoms with Gasteiger partial charge in [0.05, 0.1) is 31.3 Å². The largest absolute Gasteiger partial charge is 0.493 e. The van der Waals surface area contributed by atoms with Crippen molar-refractivity contribution < 1.29 is 14.2 Å². The van der Waals surface area contributed by atoms with E-state index in [9.17, 15) is 4.79 Å². The van der Waals surface area contributed by atoms with Crippen LogP contribution < -0.4 is 19.8 Å². The van der Waals surface area contributed by atoms with E-state index in [4.69, 9.17) is 25.8 Å². The van der Waals surface area contributed by atoms with Gasteiger partial charge in [0.2, 0.25) is 5.75 Å². The van der Waals surface area contributed by atoms with Crippen molar-refractivity contribution in [1.82, 2.24) is 9.66 Å². The lowest BCUT2D eigenvalue weighted by atomic mass is 10.2. The molecule has 0 amide bonds. The molecule has 1 aromatic heterocycles. The van der Waals surface area contributed by atoms with Crippen molar-refractivity contribution in [2.24, 2.45) is 5.10 Å². The van der Waals surface area contributed by atoms with Gasteiger partial charge in [-0.2, -0.15) is 9.78 Å². The van der Waals surface area contributed by atoms with Gasteiger partial charge in [0.1, 0.15) is 12.4 Å². The Morgan fingerprint density at radius 1 is 1.08 bits per heavy atom. The summed E-state index contributed by atoms with van der Waals surface area (Å²) in [5.41, 5.74) is 1.87. The highest BCUT2D eigenvalue weighted by Crippen LogP contribution is 2.39. The molecule has 9 heteroatoms. The van der Waals surface area contributed by atoms with Gasteiger partial charge in [-0.25, -0.2) is 4.98 Å². The Morgan fingerprint density at radius 3 is 2.42 bits per heavy atom. The molecule has 0 unspecified atom stereocenters. The zero-order valence-corrected chi connectivity index (χ0v) is 22.6. The van der Waals surface area contributed by atoms with Crippen LogP contribution in [0.25, 0.3) is 10.9 Å². The van der Waals surface area contributed by atoms with Gasteiger partial charge in [-0.3, -0.25) is 4.79 Å². The number of halogens is 2. The Labute approximate surface area is 222 Å². The van der Waals surface area contributed by atoms with Crippen LogP contribution in [0.15, 0.2) is 69.0 Å². The van der Waals surface area contributed by atoms with Crippen molar-refractivity contribution in [2.45, 2.75) is 26.4 Å². The molecular formula is C27H25BrClN3O4. The fraction of sp³-hybridized carbons (Fsp3) is 0.222. The second-order valence-corrected chi connectivity index (χ2v) is 9.61. The van der Waals surface area contributed by atoms with E-state index in [-0.39, 0.29) is 18.1 Å². The van der Waals surface area contributed by atoms with Crippen molar-refractivity contribution in [1.29, 1.82) is 0 Å². The van der Waals surface area contributed by atoms with E-state index in [0.717, 1.165) is 10.0 Å². The summed E-state index contributed by atoms with van der Waals surface area (Å²) < 4.78 is 19.3. The van der Waals surface area contributed by atoms with Crippen LogP contribution in [0.4, 0.5) is 0 Å². The molecule has 0 saturated carbocycles. The lowest BCUT2D eigenvalue weighted by Gasteiger charge is -2.16. The van der Waals surface area contributed by atoms with Gasteiger partial charge in [-0.05, 0) is 36.4 Å². The number of hydrogen-bond donors (Lipinski definition) is 0. The molecule has 1 heterocycles. The quantitative estimate of drug-likeness (QED) is 0.229. The third-order valence-corrected chi connectivity index (χ3v) is 6.35. The minimum atomic E-state index is -0.250. The molecule has 4 rings (SSSR count). The van der Waals surface area contributed by atoms with Gasteiger partial charge in [-0.1, -0.05) is 59.6 Å². The summed E-state index contributed by atoms with van der Waals surface area (Å²) in [7, 11) is 3.09. The second-order valence-electron chi connectivity index (χ2n) is 8.28.